The van der Waals surface area contributed by atoms with Gasteiger partial charge in [-0.15, -0.1) is 13.2 Å². The molecule has 2 aromatic carbocycles. The lowest BCUT2D eigenvalue weighted by Gasteiger charge is -2.36. The molecule has 7 heteroatoms. The fourth-order valence-electron chi connectivity index (χ4n) is 3.33. The third-order valence-corrected chi connectivity index (χ3v) is 4.71. The van der Waals surface area contributed by atoms with Crippen LogP contribution in [0.3, 0.4) is 0 Å². The van der Waals surface area contributed by atoms with Crippen LogP contribution in [0, 0.1) is 6.92 Å². The molecule has 1 aliphatic rings. The van der Waals surface area contributed by atoms with E-state index in [1.54, 1.807) is 12.1 Å². The van der Waals surface area contributed by atoms with Crippen molar-refractivity contribution in [3.05, 3.63) is 64.2 Å². The Morgan fingerprint density at radius 3 is 2.31 bits per heavy atom. The molecular formula is C19H20ClF3N2O. The molecule has 2 aromatic rings. The third kappa shape index (κ3) is 4.69. The van der Waals surface area contributed by atoms with Crippen LogP contribution in [0.1, 0.15) is 22.7 Å². The quantitative estimate of drug-likeness (QED) is 0.837. The van der Waals surface area contributed by atoms with Crippen molar-refractivity contribution in [1.29, 1.82) is 0 Å². The standard InChI is InChI=1S/C19H20ClF3N2O/c1-13-12-15(20)4-7-17(13)18(25-10-8-24-9-11-25)14-2-5-16(6-3-14)26-19(21,22)23/h2-7,12,18,24H,8-11H2,1H3/t18-/m0/s1. The van der Waals surface area contributed by atoms with Crippen molar-refractivity contribution in [2.45, 2.75) is 19.3 Å². The summed E-state index contributed by atoms with van der Waals surface area (Å²) in [6.07, 6.45) is -4.69. The number of benzene rings is 2. The molecule has 1 heterocycles. The van der Waals surface area contributed by atoms with Gasteiger partial charge in [0, 0.05) is 31.2 Å². The highest BCUT2D eigenvalue weighted by Crippen LogP contribution is 2.34. The number of alkyl halides is 3. The van der Waals surface area contributed by atoms with Crippen LogP contribution in [-0.4, -0.2) is 37.4 Å². The summed E-state index contributed by atoms with van der Waals surface area (Å²) < 4.78 is 41.2. The van der Waals surface area contributed by atoms with E-state index >= 15 is 0 Å². The van der Waals surface area contributed by atoms with E-state index in [1.807, 2.05) is 25.1 Å². The Morgan fingerprint density at radius 1 is 1.08 bits per heavy atom. The van der Waals surface area contributed by atoms with Gasteiger partial charge in [-0.2, -0.15) is 0 Å². The number of nitrogens with zero attached hydrogens (tertiary/aromatic N) is 1. The molecule has 26 heavy (non-hydrogen) atoms. The first-order valence-corrected chi connectivity index (χ1v) is 8.78. The number of rotatable bonds is 4. The predicted molar refractivity (Wildman–Crippen MR) is 95.6 cm³/mol. The molecular weight excluding hydrogens is 365 g/mol. The van der Waals surface area contributed by atoms with E-state index < -0.39 is 6.36 Å². The molecule has 3 nitrogen and oxygen atoms in total. The molecule has 1 fully saturated rings. The van der Waals surface area contributed by atoms with Gasteiger partial charge >= 0.3 is 6.36 Å². The average Bonchev–Trinajstić information content (AvgIpc) is 2.58. The molecule has 0 spiro atoms. The highest BCUT2D eigenvalue weighted by Gasteiger charge is 2.31. The lowest BCUT2D eigenvalue weighted by atomic mass is 9.93. The molecule has 0 radical (unpaired) electrons. The average molecular weight is 385 g/mol. The molecule has 1 N–H and O–H groups in total. The normalized spacial score (nSPS) is 17.1. The lowest BCUT2D eigenvalue weighted by Crippen LogP contribution is -2.45. The van der Waals surface area contributed by atoms with E-state index in [0.29, 0.717) is 5.02 Å². The van der Waals surface area contributed by atoms with Gasteiger partial charge in [-0.3, -0.25) is 4.90 Å². The number of ether oxygens (including phenoxy) is 1. The Kier molecular flexibility index (Phi) is 5.75. The van der Waals surface area contributed by atoms with Gasteiger partial charge < -0.3 is 10.1 Å². The SMILES string of the molecule is Cc1cc(Cl)ccc1[C@H](c1ccc(OC(F)(F)F)cc1)N1CCNCC1. The van der Waals surface area contributed by atoms with Crippen LogP contribution >= 0.6 is 11.6 Å². The molecule has 0 aliphatic carbocycles. The first kappa shape index (κ1) is 19.0. The van der Waals surface area contributed by atoms with Gasteiger partial charge in [-0.05, 0) is 47.9 Å². The summed E-state index contributed by atoms with van der Waals surface area (Å²) in [5, 5.41) is 3.99. The number of halogens is 4. The van der Waals surface area contributed by atoms with Crippen molar-refractivity contribution < 1.29 is 17.9 Å². The van der Waals surface area contributed by atoms with E-state index in [0.717, 1.165) is 42.9 Å². The zero-order chi connectivity index (χ0) is 18.7. The lowest BCUT2D eigenvalue weighted by molar-refractivity contribution is -0.274. The van der Waals surface area contributed by atoms with Crippen LogP contribution in [-0.2, 0) is 0 Å². The summed E-state index contributed by atoms with van der Waals surface area (Å²) in [4.78, 5) is 2.33. The minimum atomic E-state index is -4.69. The number of nitrogens with one attached hydrogen (secondary N) is 1. The van der Waals surface area contributed by atoms with E-state index in [9.17, 15) is 13.2 Å². The van der Waals surface area contributed by atoms with E-state index in [1.165, 1.54) is 12.1 Å². The second-order valence-electron chi connectivity index (χ2n) is 6.31. The van der Waals surface area contributed by atoms with Crippen molar-refractivity contribution in [3.8, 4) is 5.75 Å². The van der Waals surface area contributed by atoms with E-state index in [-0.39, 0.29) is 11.8 Å². The van der Waals surface area contributed by atoms with Gasteiger partial charge in [-0.25, -0.2) is 0 Å². The minimum Gasteiger partial charge on any atom is -0.406 e. The number of aryl methyl sites for hydroxylation is 1. The van der Waals surface area contributed by atoms with Gasteiger partial charge in [0.1, 0.15) is 5.75 Å². The maximum atomic E-state index is 12.4. The monoisotopic (exact) mass is 384 g/mol. The fourth-order valence-corrected chi connectivity index (χ4v) is 3.55. The van der Waals surface area contributed by atoms with E-state index in [4.69, 9.17) is 11.6 Å². The van der Waals surface area contributed by atoms with Gasteiger partial charge in [0.25, 0.3) is 0 Å². The second-order valence-corrected chi connectivity index (χ2v) is 6.74. The summed E-state index contributed by atoms with van der Waals surface area (Å²) >= 11 is 6.09. The molecule has 3 rings (SSSR count). The molecule has 0 saturated carbocycles. The fraction of sp³-hybridized carbons (Fsp3) is 0.368. The Bertz CT molecular complexity index is 743. The topological polar surface area (TPSA) is 24.5 Å². The summed E-state index contributed by atoms with van der Waals surface area (Å²) in [5.74, 6) is -0.215. The van der Waals surface area contributed by atoms with Gasteiger partial charge in [0.2, 0.25) is 0 Å². The molecule has 0 amide bonds. The molecule has 0 unspecified atom stereocenters. The van der Waals surface area contributed by atoms with Crippen molar-refractivity contribution >= 4 is 11.6 Å². The zero-order valence-electron chi connectivity index (χ0n) is 14.3. The Morgan fingerprint density at radius 2 is 1.73 bits per heavy atom. The molecule has 140 valence electrons. The van der Waals surface area contributed by atoms with Crippen molar-refractivity contribution in [3.63, 3.8) is 0 Å². The number of hydrogen-bond acceptors (Lipinski definition) is 3. The van der Waals surface area contributed by atoms with Crippen LogP contribution < -0.4 is 10.1 Å². The summed E-state index contributed by atoms with van der Waals surface area (Å²) in [7, 11) is 0. The van der Waals surface area contributed by atoms with Crippen LogP contribution in [0.4, 0.5) is 13.2 Å². The summed E-state index contributed by atoms with van der Waals surface area (Å²) in [5.41, 5.74) is 3.07. The van der Waals surface area contributed by atoms with Crippen molar-refractivity contribution in [2.24, 2.45) is 0 Å². The molecule has 0 aromatic heterocycles. The highest BCUT2D eigenvalue weighted by atomic mass is 35.5. The smallest absolute Gasteiger partial charge is 0.406 e. The Labute approximate surface area is 155 Å². The molecule has 1 atom stereocenters. The van der Waals surface area contributed by atoms with Crippen molar-refractivity contribution in [2.75, 3.05) is 26.2 Å². The van der Waals surface area contributed by atoms with Crippen molar-refractivity contribution in [1.82, 2.24) is 10.2 Å². The Balaban J connectivity index is 1.95. The maximum absolute atomic E-state index is 12.4. The van der Waals surface area contributed by atoms with Crippen LogP contribution in [0.2, 0.25) is 5.02 Å². The summed E-state index contributed by atoms with van der Waals surface area (Å²) in [6, 6.07) is 11.8. The van der Waals surface area contributed by atoms with Gasteiger partial charge in [0.05, 0.1) is 6.04 Å². The first-order valence-electron chi connectivity index (χ1n) is 8.40. The predicted octanol–water partition coefficient (Wildman–Crippen LogP) is 4.54. The second kappa shape index (κ2) is 7.86. The summed E-state index contributed by atoms with van der Waals surface area (Å²) in [6.45, 7) is 5.45. The molecule has 1 aliphatic heterocycles. The number of hydrogen-bond donors (Lipinski definition) is 1. The first-order chi connectivity index (χ1) is 12.3. The molecule has 1 saturated heterocycles. The van der Waals surface area contributed by atoms with E-state index in [2.05, 4.69) is 15.0 Å². The van der Waals surface area contributed by atoms with Crippen LogP contribution in [0.15, 0.2) is 42.5 Å². The highest BCUT2D eigenvalue weighted by molar-refractivity contribution is 6.30. The number of piperazine rings is 1. The Hall–Kier alpha value is -1.76. The largest absolute Gasteiger partial charge is 0.573 e. The third-order valence-electron chi connectivity index (χ3n) is 4.47. The molecule has 0 bridgehead atoms. The van der Waals surface area contributed by atoms with Crippen LogP contribution in [0.5, 0.6) is 5.75 Å². The van der Waals surface area contributed by atoms with Gasteiger partial charge in [-0.1, -0.05) is 29.8 Å². The zero-order valence-corrected chi connectivity index (χ0v) is 15.1. The van der Waals surface area contributed by atoms with Gasteiger partial charge in [0.15, 0.2) is 0 Å². The maximum Gasteiger partial charge on any atom is 0.573 e. The minimum absolute atomic E-state index is 0.0469. The van der Waals surface area contributed by atoms with Crippen LogP contribution in [0.25, 0.3) is 0 Å².